The molecule has 4 nitrogen and oxygen atoms in total. The van der Waals surface area contributed by atoms with Crippen LogP contribution >= 0.6 is 0 Å². The van der Waals surface area contributed by atoms with Gasteiger partial charge in [0.25, 0.3) is 0 Å². The van der Waals surface area contributed by atoms with Gasteiger partial charge in [0.05, 0.1) is 12.7 Å². The Hall–Kier alpha value is -0.160. The van der Waals surface area contributed by atoms with Crippen LogP contribution < -0.4 is 0 Å². The van der Waals surface area contributed by atoms with Gasteiger partial charge in [0, 0.05) is 20.1 Å². The smallest absolute Gasteiger partial charge is 0.184 e. The first-order valence-electron chi connectivity index (χ1n) is 7.28. The molecule has 0 aromatic rings. The molecule has 2 aliphatic heterocycles. The fourth-order valence-electron chi connectivity index (χ4n) is 3.32. The Morgan fingerprint density at radius 3 is 2.72 bits per heavy atom. The van der Waals surface area contributed by atoms with Crippen LogP contribution in [0, 0.1) is 5.92 Å². The summed E-state index contributed by atoms with van der Waals surface area (Å²) >= 11 is 0. The molecule has 1 aliphatic carbocycles. The van der Waals surface area contributed by atoms with Crippen LogP contribution in [0.1, 0.15) is 38.5 Å². The lowest BCUT2D eigenvalue weighted by molar-refractivity contribution is -0.201. The van der Waals surface area contributed by atoms with Gasteiger partial charge in [0.1, 0.15) is 12.2 Å². The van der Waals surface area contributed by atoms with E-state index in [0.717, 1.165) is 18.9 Å². The molecule has 2 heterocycles. The van der Waals surface area contributed by atoms with Crippen LogP contribution in [0.3, 0.4) is 0 Å². The van der Waals surface area contributed by atoms with Gasteiger partial charge in [-0.15, -0.1) is 0 Å². The lowest BCUT2D eigenvalue weighted by Crippen LogP contribution is -2.44. The molecule has 1 saturated carbocycles. The number of ether oxygens (including phenoxy) is 4. The van der Waals surface area contributed by atoms with Crippen molar-refractivity contribution in [1.29, 1.82) is 0 Å². The van der Waals surface area contributed by atoms with E-state index in [1.165, 1.54) is 32.1 Å². The molecular weight excluding hydrogens is 232 g/mol. The summed E-state index contributed by atoms with van der Waals surface area (Å²) in [5.74, 6) is 0.750. The summed E-state index contributed by atoms with van der Waals surface area (Å²) in [5.41, 5.74) is 0. The molecule has 18 heavy (non-hydrogen) atoms. The minimum absolute atomic E-state index is 0.0279. The second-order valence-corrected chi connectivity index (χ2v) is 5.76. The van der Waals surface area contributed by atoms with Crippen LogP contribution in [-0.2, 0) is 18.9 Å². The van der Waals surface area contributed by atoms with Crippen LogP contribution in [0.15, 0.2) is 0 Å². The summed E-state index contributed by atoms with van der Waals surface area (Å²) in [6, 6.07) is 0. The fraction of sp³-hybridized carbons (Fsp3) is 1.00. The zero-order valence-electron chi connectivity index (χ0n) is 11.2. The van der Waals surface area contributed by atoms with Gasteiger partial charge in [-0.2, -0.15) is 0 Å². The Bertz CT molecular complexity index is 265. The average molecular weight is 256 g/mol. The van der Waals surface area contributed by atoms with Crippen molar-refractivity contribution in [2.45, 2.75) is 63.1 Å². The lowest BCUT2D eigenvalue weighted by atomic mass is 9.90. The van der Waals surface area contributed by atoms with Crippen molar-refractivity contribution < 1.29 is 18.9 Å². The van der Waals surface area contributed by atoms with Crippen molar-refractivity contribution >= 4 is 0 Å². The molecule has 4 heteroatoms. The Kier molecular flexibility index (Phi) is 4.19. The van der Waals surface area contributed by atoms with Gasteiger partial charge in [-0.1, -0.05) is 19.3 Å². The van der Waals surface area contributed by atoms with Gasteiger partial charge in [0.15, 0.2) is 6.29 Å². The molecule has 0 unspecified atom stereocenters. The molecule has 4 atom stereocenters. The van der Waals surface area contributed by atoms with Crippen LogP contribution in [-0.4, -0.2) is 44.9 Å². The minimum Gasteiger partial charge on any atom is -0.376 e. The van der Waals surface area contributed by atoms with E-state index in [4.69, 9.17) is 18.9 Å². The highest BCUT2D eigenvalue weighted by atomic mass is 16.7. The van der Waals surface area contributed by atoms with Gasteiger partial charge in [-0.3, -0.25) is 0 Å². The average Bonchev–Trinajstić information content (AvgIpc) is 2.84. The Labute approximate surface area is 109 Å². The molecule has 3 rings (SSSR count). The first-order valence-corrected chi connectivity index (χ1v) is 7.28. The number of hydrogen-bond acceptors (Lipinski definition) is 4. The second-order valence-electron chi connectivity index (χ2n) is 5.76. The molecule has 3 fully saturated rings. The number of methoxy groups -OCH3 is 1. The molecule has 3 aliphatic rings. The molecular formula is C14H24O4. The molecule has 0 amide bonds. The number of hydrogen-bond donors (Lipinski definition) is 0. The highest BCUT2D eigenvalue weighted by Gasteiger charge is 2.44. The van der Waals surface area contributed by atoms with E-state index in [0.29, 0.717) is 6.61 Å². The van der Waals surface area contributed by atoms with Crippen molar-refractivity contribution in [3.8, 4) is 0 Å². The third kappa shape index (κ3) is 2.72. The van der Waals surface area contributed by atoms with Crippen LogP contribution in [0.4, 0.5) is 0 Å². The van der Waals surface area contributed by atoms with Gasteiger partial charge < -0.3 is 18.9 Å². The van der Waals surface area contributed by atoms with Crippen molar-refractivity contribution in [1.82, 2.24) is 0 Å². The molecule has 104 valence electrons. The molecule has 0 N–H and O–H groups in total. The maximum atomic E-state index is 6.10. The summed E-state index contributed by atoms with van der Waals surface area (Å²) in [6.45, 7) is 1.53. The first-order chi connectivity index (χ1) is 8.86. The SMILES string of the molecule is CO[C@@H]1C[C@H](OCC2CCCCC2)[C@H]2CO[C@@H]1O2. The van der Waals surface area contributed by atoms with E-state index in [-0.39, 0.29) is 24.6 Å². The van der Waals surface area contributed by atoms with Crippen LogP contribution in [0.25, 0.3) is 0 Å². The quantitative estimate of drug-likeness (QED) is 0.772. The predicted molar refractivity (Wildman–Crippen MR) is 66.3 cm³/mol. The van der Waals surface area contributed by atoms with E-state index < -0.39 is 0 Å². The van der Waals surface area contributed by atoms with Crippen LogP contribution in [0.5, 0.6) is 0 Å². The lowest BCUT2D eigenvalue weighted by Gasteiger charge is -2.34. The largest absolute Gasteiger partial charge is 0.376 e. The van der Waals surface area contributed by atoms with Crippen molar-refractivity contribution in [2.24, 2.45) is 5.92 Å². The van der Waals surface area contributed by atoms with Crippen molar-refractivity contribution in [2.75, 3.05) is 20.3 Å². The third-order valence-corrected chi connectivity index (χ3v) is 4.49. The second kappa shape index (κ2) is 5.87. The van der Waals surface area contributed by atoms with Gasteiger partial charge >= 0.3 is 0 Å². The van der Waals surface area contributed by atoms with E-state index in [2.05, 4.69) is 0 Å². The summed E-state index contributed by atoms with van der Waals surface area (Å²) in [7, 11) is 1.72. The summed E-state index contributed by atoms with van der Waals surface area (Å²) < 4.78 is 22.9. The summed E-state index contributed by atoms with van der Waals surface area (Å²) in [4.78, 5) is 0. The van der Waals surface area contributed by atoms with Gasteiger partial charge in [-0.25, -0.2) is 0 Å². The van der Waals surface area contributed by atoms with Crippen molar-refractivity contribution in [3.05, 3.63) is 0 Å². The Morgan fingerprint density at radius 1 is 1.11 bits per heavy atom. The summed E-state index contributed by atoms with van der Waals surface area (Å²) in [5, 5.41) is 0. The Balaban J connectivity index is 1.49. The van der Waals surface area contributed by atoms with Gasteiger partial charge in [-0.05, 0) is 18.8 Å². The number of fused-ring (bicyclic) bond motifs is 2. The third-order valence-electron chi connectivity index (χ3n) is 4.49. The fourth-order valence-corrected chi connectivity index (χ4v) is 3.32. The number of rotatable bonds is 4. The van der Waals surface area contributed by atoms with Crippen molar-refractivity contribution in [3.63, 3.8) is 0 Å². The van der Waals surface area contributed by atoms with E-state index >= 15 is 0 Å². The predicted octanol–water partition coefficient (Wildman–Crippen LogP) is 2.11. The molecule has 2 bridgehead atoms. The zero-order valence-corrected chi connectivity index (χ0v) is 11.2. The van der Waals surface area contributed by atoms with Crippen LogP contribution in [0.2, 0.25) is 0 Å². The zero-order chi connectivity index (χ0) is 12.4. The van der Waals surface area contributed by atoms with E-state index in [1.54, 1.807) is 7.11 Å². The minimum atomic E-state index is -0.172. The monoisotopic (exact) mass is 256 g/mol. The molecule has 0 radical (unpaired) electrons. The molecule has 0 spiro atoms. The molecule has 0 aromatic heterocycles. The topological polar surface area (TPSA) is 36.9 Å². The first kappa shape index (κ1) is 12.9. The molecule has 2 saturated heterocycles. The van der Waals surface area contributed by atoms with E-state index in [1.807, 2.05) is 0 Å². The normalized spacial score (nSPS) is 41.2. The highest BCUT2D eigenvalue weighted by Crippen LogP contribution is 2.32. The van der Waals surface area contributed by atoms with Gasteiger partial charge in [0.2, 0.25) is 0 Å². The molecule has 0 aromatic carbocycles. The maximum Gasteiger partial charge on any atom is 0.184 e. The Morgan fingerprint density at radius 2 is 1.94 bits per heavy atom. The van der Waals surface area contributed by atoms with E-state index in [9.17, 15) is 0 Å². The highest BCUT2D eigenvalue weighted by molar-refractivity contribution is 4.87. The summed E-state index contributed by atoms with van der Waals surface area (Å²) in [6.07, 6.45) is 7.80. The maximum absolute atomic E-state index is 6.10. The standard InChI is InChI=1S/C14H24O4/c1-15-12-7-11(13-9-17-14(12)18-13)16-8-10-5-3-2-4-6-10/h10-14H,2-9H2,1H3/t11-,12+,13+,14+/m0/s1.